The molecule has 3 aromatic rings. The minimum absolute atomic E-state index is 0.0582. The van der Waals surface area contributed by atoms with E-state index in [1.165, 1.54) is 34.7 Å². The van der Waals surface area contributed by atoms with Gasteiger partial charge >= 0.3 is 0 Å². The molecule has 0 bridgehead atoms. The van der Waals surface area contributed by atoms with Crippen molar-refractivity contribution >= 4 is 28.2 Å². The molecule has 6 N–H and O–H groups in total. The van der Waals surface area contributed by atoms with E-state index >= 15 is 0 Å². The van der Waals surface area contributed by atoms with E-state index in [4.69, 9.17) is 16.9 Å². The van der Waals surface area contributed by atoms with Crippen molar-refractivity contribution in [1.82, 2.24) is 5.32 Å². The number of nitrogen functional groups attached to an aromatic ring is 1. The van der Waals surface area contributed by atoms with Gasteiger partial charge in [-0.25, -0.2) is 0 Å². The zero-order valence-electron chi connectivity index (χ0n) is 23.5. The van der Waals surface area contributed by atoms with Crippen LogP contribution in [0.5, 0.6) is 0 Å². The maximum atomic E-state index is 14.8. The van der Waals surface area contributed by atoms with Crippen molar-refractivity contribution in [2.75, 3.05) is 4.90 Å². The summed E-state index contributed by atoms with van der Waals surface area (Å²) in [6.07, 6.45) is 11.4. The second kappa shape index (κ2) is 11.2. The lowest BCUT2D eigenvalue weighted by Crippen LogP contribution is -2.63. The fraction of sp³-hybridized carbons (Fsp3) is 0.471. The third-order valence-corrected chi connectivity index (χ3v) is 9.87. The molecule has 1 heterocycles. The highest BCUT2D eigenvalue weighted by atomic mass is 16.2. The first-order valence-electron chi connectivity index (χ1n) is 15.2. The van der Waals surface area contributed by atoms with Crippen molar-refractivity contribution in [1.29, 1.82) is 5.41 Å². The molecular weight excluding hydrogens is 494 g/mol. The van der Waals surface area contributed by atoms with Gasteiger partial charge < -0.3 is 21.7 Å². The van der Waals surface area contributed by atoms with Gasteiger partial charge in [-0.3, -0.25) is 10.2 Å². The number of hydrogen-bond donors (Lipinski definition) is 4. The lowest BCUT2D eigenvalue weighted by atomic mass is 9.74. The number of anilines is 1. The molecule has 2 aliphatic carbocycles. The maximum absolute atomic E-state index is 14.8. The molecule has 3 aromatic carbocycles. The first-order chi connectivity index (χ1) is 19.5. The Hall–Kier alpha value is -3.38. The molecule has 1 atom stereocenters. The van der Waals surface area contributed by atoms with Crippen LogP contribution < -0.4 is 21.7 Å². The standard InChI is InChI=1S/C34H43N5O/c35-28-16-18-29(19-17-28)38-33(40)34(27-11-3-1-2-4-12-27)21-25-15-14-24(32(36)37)20-31(25)39(34)22-26-10-7-9-23-8-5-6-13-30(23)26/h5-10,13-15,20,27-29H,1-4,11-12,16-19,21-22,35H2,(H3,36,37)(H,38,40)/t28-,29-,34?. The molecule has 1 aliphatic heterocycles. The van der Waals surface area contributed by atoms with Gasteiger partial charge in [0.1, 0.15) is 11.4 Å². The number of carbonyl (C=O) groups excluding carboxylic acids is 1. The Labute approximate surface area is 238 Å². The molecule has 0 radical (unpaired) electrons. The number of hydrogen-bond acceptors (Lipinski definition) is 4. The fourth-order valence-electron chi connectivity index (χ4n) is 7.64. The molecule has 6 heteroatoms. The minimum Gasteiger partial charge on any atom is -0.384 e. The van der Waals surface area contributed by atoms with Crippen LogP contribution in [0.4, 0.5) is 5.69 Å². The van der Waals surface area contributed by atoms with Crippen LogP contribution in [0.1, 0.15) is 80.9 Å². The Morgan fingerprint density at radius 3 is 2.40 bits per heavy atom. The molecule has 0 saturated heterocycles. The second-order valence-electron chi connectivity index (χ2n) is 12.4. The minimum atomic E-state index is -0.682. The van der Waals surface area contributed by atoms with Crippen molar-refractivity contribution in [3.05, 3.63) is 77.4 Å². The zero-order valence-corrected chi connectivity index (χ0v) is 23.5. The van der Waals surface area contributed by atoms with Crippen LogP contribution in [0.15, 0.2) is 60.7 Å². The van der Waals surface area contributed by atoms with E-state index in [1.807, 2.05) is 12.1 Å². The van der Waals surface area contributed by atoms with Crippen molar-refractivity contribution in [2.24, 2.45) is 17.4 Å². The molecule has 6 rings (SSSR count). The monoisotopic (exact) mass is 537 g/mol. The van der Waals surface area contributed by atoms with Crippen molar-refractivity contribution < 1.29 is 4.79 Å². The summed E-state index contributed by atoms with van der Waals surface area (Å²) in [6, 6.07) is 21.5. The summed E-state index contributed by atoms with van der Waals surface area (Å²) in [7, 11) is 0. The number of amides is 1. The average Bonchev–Trinajstić information content (AvgIpc) is 3.09. The molecule has 1 amide bonds. The van der Waals surface area contributed by atoms with Gasteiger partial charge in [-0.15, -0.1) is 0 Å². The van der Waals surface area contributed by atoms with E-state index < -0.39 is 5.54 Å². The summed E-state index contributed by atoms with van der Waals surface area (Å²) in [5, 5.41) is 14.1. The summed E-state index contributed by atoms with van der Waals surface area (Å²) < 4.78 is 0. The number of nitrogens with two attached hydrogens (primary N) is 2. The summed E-state index contributed by atoms with van der Waals surface area (Å²) in [6.45, 7) is 0.634. The quantitative estimate of drug-likeness (QED) is 0.182. The van der Waals surface area contributed by atoms with Gasteiger partial charge in [0.25, 0.3) is 0 Å². The maximum Gasteiger partial charge on any atom is 0.246 e. The number of fused-ring (bicyclic) bond motifs is 2. The number of amidine groups is 1. The first-order valence-corrected chi connectivity index (χ1v) is 15.2. The Morgan fingerprint density at radius 1 is 0.925 bits per heavy atom. The van der Waals surface area contributed by atoms with Crippen LogP contribution in [-0.2, 0) is 17.8 Å². The zero-order chi connectivity index (χ0) is 27.7. The van der Waals surface area contributed by atoms with Crippen LogP contribution >= 0.6 is 0 Å². The normalized spacial score (nSPS) is 25.4. The third kappa shape index (κ3) is 4.98. The Balaban J connectivity index is 1.47. The lowest BCUT2D eigenvalue weighted by molar-refractivity contribution is -0.129. The molecule has 0 spiro atoms. The molecule has 2 fully saturated rings. The third-order valence-electron chi connectivity index (χ3n) is 9.87. The predicted molar refractivity (Wildman–Crippen MR) is 164 cm³/mol. The van der Waals surface area contributed by atoms with Gasteiger partial charge in [0.2, 0.25) is 5.91 Å². The molecule has 6 nitrogen and oxygen atoms in total. The molecule has 0 aromatic heterocycles. The smallest absolute Gasteiger partial charge is 0.246 e. The van der Waals surface area contributed by atoms with E-state index in [1.54, 1.807) is 0 Å². The van der Waals surface area contributed by atoms with Gasteiger partial charge in [0, 0.05) is 36.3 Å². The molecule has 210 valence electrons. The topological polar surface area (TPSA) is 108 Å². The molecule has 40 heavy (non-hydrogen) atoms. The van der Waals surface area contributed by atoms with Gasteiger partial charge in [-0.2, -0.15) is 0 Å². The van der Waals surface area contributed by atoms with Crippen LogP contribution in [0.3, 0.4) is 0 Å². The summed E-state index contributed by atoms with van der Waals surface area (Å²) in [4.78, 5) is 17.2. The van der Waals surface area contributed by atoms with E-state index in [0.717, 1.165) is 57.1 Å². The Bertz CT molecular complexity index is 1380. The van der Waals surface area contributed by atoms with Crippen LogP contribution in [0, 0.1) is 11.3 Å². The number of rotatable bonds is 6. The number of nitrogens with zero attached hydrogens (tertiary/aromatic N) is 1. The average molecular weight is 538 g/mol. The Kier molecular flexibility index (Phi) is 7.54. The van der Waals surface area contributed by atoms with Crippen molar-refractivity contribution in [3.8, 4) is 0 Å². The van der Waals surface area contributed by atoms with E-state index in [-0.39, 0.29) is 29.7 Å². The number of benzene rings is 3. The highest BCUT2D eigenvalue weighted by molar-refractivity contribution is 5.98. The van der Waals surface area contributed by atoms with Gasteiger partial charge in [0.15, 0.2) is 0 Å². The predicted octanol–water partition coefficient (Wildman–Crippen LogP) is 5.78. The van der Waals surface area contributed by atoms with Crippen LogP contribution in [0.25, 0.3) is 10.8 Å². The van der Waals surface area contributed by atoms with Crippen LogP contribution in [-0.4, -0.2) is 29.4 Å². The molecule has 1 unspecified atom stereocenters. The van der Waals surface area contributed by atoms with Gasteiger partial charge in [-0.1, -0.05) is 80.3 Å². The summed E-state index contributed by atoms with van der Waals surface area (Å²) in [5.74, 6) is 0.479. The Morgan fingerprint density at radius 2 is 1.65 bits per heavy atom. The van der Waals surface area contributed by atoms with E-state index in [0.29, 0.717) is 18.5 Å². The number of nitrogens with one attached hydrogen (secondary N) is 2. The van der Waals surface area contributed by atoms with Gasteiger partial charge in [-0.05, 0) is 72.4 Å². The van der Waals surface area contributed by atoms with Crippen LogP contribution in [0.2, 0.25) is 0 Å². The molecular formula is C34H43N5O. The molecule has 3 aliphatic rings. The first kappa shape index (κ1) is 26.8. The molecule has 2 saturated carbocycles. The summed E-state index contributed by atoms with van der Waals surface area (Å²) in [5.41, 5.74) is 15.7. The van der Waals surface area contributed by atoms with E-state index in [2.05, 4.69) is 58.7 Å². The summed E-state index contributed by atoms with van der Waals surface area (Å²) >= 11 is 0. The SMILES string of the molecule is N=C(N)c1ccc2c(c1)N(Cc1cccc3ccccc13)C(C(=O)N[C@H]1CC[C@H](N)CC1)(C1CCCCCC1)C2. The van der Waals surface area contributed by atoms with Crippen molar-refractivity contribution in [2.45, 2.75) is 94.8 Å². The largest absolute Gasteiger partial charge is 0.384 e. The second-order valence-corrected chi connectivity index (χ2v) is 12.4. The number of carbonyl (C=O) groups is 1. The van der Waals surface area contributed by atoms with E-state index in [9.17, 15) is 4.79 Å². The van der Waals surface area contributed by atoms with Gasteiger partial charge in [0.05, 0.1) is 0 Å². The van der Waals surface area contributed by atoms with Crippen molar-refractivity contribution in [3.63, 3.8) is 0 Å². The highest BCUT2D eigenvalue weighted by Gasteiger charge is 2.54. The lowest BCUT2D eigenvalue weighted by Gasteiger charge is -2.46. The highest BCUT2D eigenvalue weighted by Crippen LogP contribution is 2.49. The fourth-order valence-corrected chi connectivity index (χ4v) is 7.64.